The van der Waals surface area contributed by atoms with E-state index in [-0.39, 0.29) is 27.9 Å². The number of carbonyl (C=O) groups is 2. The standard InChI is InChI=1S/C15H14Cl2N2O4/c1-3-4-23-14(20)9(7-18)8-19-12-6-10(16)5-11(13(12)17)15(21)22-2/h5-6,8-9H,3-4H2,1-2H3. The van der Waals surface area contributed by atoms with Gasteiger partial charge in [-0.3, -0.25) is 9.79 Å². The van der Waals surface area contributed by atoms with E-state index in [0.717, 1.165) is 6.21 Å². The Morgan fingerprint density at radius 3 is 2.70 bits per heavy atom. The molecule has 0 N–H and O–H groups in total. The van der Waals surface area contributed by atoms with E-state index in [1.807, 2.05) is 6.92 Å². The number of hydrogen-bond donors (Lipinski definition) is 0. The van der Waals surface area contributed by atoms with Crippen molar-refractivity contribution in [1.29, 1.82) is 5.26 Å². The molecule has 1 atom stereocenters. The predicted octanol–water partition coefficient (Wildman–Crippen LogP) is 3.58. The summed E-state index contributed by atoms with van der Waals surface area (Å²) >= 11 is 12.0. The Hall–Kier alpha value is -2.10. The van der Waals surface area contributed by atoms with Crippen LogP contribution in [-0.2, 0) is 14.3 Å². The van der Waals surface area contributed by atoms with Crippen LogP contribution in [0.15, 0.2) is 17.1 Å². The van der Waals surface area contributed by atoms with Gasteiger partial charge in [-0.25, -0.2) is 4.79 Å². The topological polar surface area (TPSA) is 88.8 Å². The molecule has 0 saturated carbocycles. The zero-order chi connectivity index (χ0) is 17.4. The maximum Gasteiger partial charge on any atom is 0.339 e. The minimum absolute atomic E-state index is 0.0103. The van der Waals surface area contributed by atoms with E-state index in [4.69, 9.17) is 33.2 Å². The van der Waals surface area contributed by atoms with E-state index in [1.54, 1.807) is 6.07 Å². The highest BCUT2D eigenvalue weighted by Gasteiger charge is 2.19. The fraction of sp³-hybridized carbons (Fsp3) is 0.333. The molecule has 0 amide bonds. The molecule has 122 valence electrons. The van der Waals surface area contributed by atoms with Gasteiger partial charge in [-0.2, -0.15) is 5.26 Å². The van der Waals surface area contributed by atoms with E-state index in [0.29, 0.717) is 6.42 Å². The van der Waals surface area contributed by atoms with Crippen LogP contribution in [0, 0.1) is 17.2 Å². The van der Waals surface area contributed by atoms with Gasteiger partial charge in [-0.05, 0) is 18.6 Å². The quantitative estimate of drug-likeness (QED) is 0.574. The summed E-state index contributed by atoms with van der Waals surface area (Å²) in [5.41, 5.74) is 0.180. The van der Waals surface area contributed by atoms with Gasteiger partial charge in [-0.1, -0.05) is 30.1 Å². The molecule has 0 heterocycles. The largest absolute Gasteiger partial charge is 0.465 e. The number of ether oxygens (including phenoxy) is 2. The first-order chi connectivity index (χ1) is 10.9. The van der Waals surface area contributed by atoms with Crippen molar-refractivity contribution in [3.05, 3.63) is 27.7 Å². The molecule has 8 heteroatoms. The summed E-state index contributed by atoms with van der Waals surface area (Å²) in [6.45, 7) is 2.05. The monoisotopic (exact) mass is 356 g/mol. The lowest BCUT2D eigenvalue weighted by atomic mass is 10.2. The number of nitriles is 1. The van der Waals surface area contributed by atoms with Gasteiger partial charge in [0.25, 0.3) is 0 Å². The first-order valence-electron chi connectivity index (χ1n) is 6.62. The lowest BCUT2D eigenvalue weighted by Gasteiger charge is -2.07. The fourth-order valence-corrected chi connectivity index (χ4v) is 1.97. The van der Waals surface area contributed by atoms with Crippen molar-refractivity contribution in [2.24, 2.45) is 10.9 Å². The van der Waals surface area contributed by atoms with Gasteiger partial charge in [0.1, 0.15) is 0 Å². The molecule has 23 heavy (non-hydrogen) atoms. The number of halogens is 2. The van der Waals surface area contributed by atoms with Crippen molar-refractivity contribution in [3.63, 3.8) is 0 Å². The Morgan fingerprint density at radius 2 is 2.13 bits per heavy atom. The van der Waals surface area contributed by atoms with Crippen LogP contribution >= 0.6 is 23.2 Å². The second kappa shape index (κ2) is 9.13. The van der Waals surface area contributed by atoms with E-state index in [9.17, 15) is 9.59 Å². The molecule has 0 radical (unpaired) electrons. The van der Waals surface area contributed by atoms with Gasteiger partial charge in [-0.15, -0.1) is 0 Å². The van der Waals surface area contributed by atoms with E-state index < -0.39 is 17.9 Å². The highest BCUT2D eigenvalue weighted by Crippen LogP contribution is 2.32. The van der Waals surface area contributed by atoms with Crippen LogP contribution in [0.3, 0.4) is 0 Å². The van der Waals surface area contributed by atoms with Gasteiger partial charge >= 0.3 is 11.9 Å². The summed E-state index contributed by atoms with van der Waals surface area (Å²) in [6.07, 6.45) is 1.74. The molecule has 0 saturated heterocycles. The molecule has 6 nitrogen and oxygen atoms in total. The molecule has 0 fully saturated rings. The molecule has 0 spiro atoms. The van der Waals surface area contributed by atoms with Crippen LogP contribution in [0.5, 0.6) is 0 Å². The van der Waals surface area contributed by atoms with Gasteiger partial charge in [0.2, 0.25) is 0 Å². The molecule has 0 bridgehead atoms. The van der Waals surface area contributed by atoms with Crippen LogP contribution in [0.4, 0.5) is 5.69 Å². The number of benzene rings is 1. The molecule has 1 aromatic carbocycles. The summed E-state index contributed by atoms with van der Waals surface area (Å²) < 4.78 is 9.48. The Morgan fingerprint density at radius 1 is 1.43 bits per heavy atom. The maximum atomic E-state index is 11.7. The first-order valence-corrected chi connectivity index (χ1v) is 7.38. The minimum Gasteiger partial charge on any atom is -0.465 e. The molecule has 0 aliphatic carbocycles. The third-order valence-electron chi connectivity index (χ3n) is 2.63. The number of rotatable bonds is 6. The Kier molecular flexibility index (Phi) is 7.52. The second-order valence-electron chi connectivity index (χ2n) is 4.33. The maximum absolute atomic E-state index is 11.7. The minimum atomic E-state index is -1.18. The smallest absolute Gasteiger partial charge is 0.339 e. The molecule has 0 aliphatic heterocycles. The summed E-state index contributed by atoms with van der Waals surface area (Å²) in [5, 5.41) is 9.23. The molecule has 0 aliphatic rings. The molecule has 1 rings (SSSR count). The fourth-order valence-electron chi connectivity index (χ4n) is 1.52. The first kappa shape index (κ1) is 18.9. The zero-order valence-corrected chi connectivity index (χ0v) is 14.0. The third kappa shape index (κ3) is 5.23. The van der Waals surface area contributed by atoms with E-state index in [2.05, 4.69) is 9.73 Å². The van der Waals surface area contributed by atoms with Crippen molar-refractivity contribution < 1.29 is 19.1 Å². The lowest BCUT2D eigenvalue weighted by Crippen LogP contribution is -2.17. The van der Waals surface area contributed by atoms with Crippen LogP contribution in [0.2, 0.25) is 10.0 Å². The molecule has 0 aromatic heterocycles. The molecular weight excluding hydrogens is 343 g/mol. The summed E-state index contributed by atoms with van der Waals surface area (Å²) in [6, 6.07) is 4.51. The molecule has 1 unspecified atom stereocenters. The normalized spacial score (nSPS) is 11.8. The highest BCUT2D eigenvalue weighted by atomic mass is 35.5. The van der Waals surface area contributed by atoms with Crippen molar-refractivity contribution in [1.82, 2.24) is 0 Å². The van der Waals surface area contributed by atoms with Crippen molar-refractivity contribution in [3.8, 4) is 6.07 Å². The van der Waals surface area contributed by atoms with Crippen LogP contribution in [0.1, 0.15) is 23.7 Å². The van der Waals surface area contributed by atoms with Gasteiger partial charge < -0.3 is 9.47 Å². The van der Waals surface area contributed by atoms with Crippen LogP contribution < -0.4 is 0 Å². The number of hydrogen-bond acceptors (Lipinski definition) is 6. The summed E-state index contributed by atoms with van der Waals surface area (Å²) in [5.74, 6) is -2.56. The SMILES string of the molecule is CCCOC(=O)C(C#N)C=Nc1cc(Cl)cc(C(=O)OC)c1Cl. The molecular formula is C15H14Cl2N2O4. The third-order valence-corrected chi connectivity index (χ3v) is 3.24. The number of carbonyl (C=O) groups excluding carboxylic acids is 2. The Bertz CT molecular complexity index is 668. The lowest BCUT2D eigenvalue weighted by molar-refractivity contribution is -0.144. The van der Waals surface area contributed by atoms with E-state index >= 15 is 0 Å². The highest BCUT2D eigenvalue weighted by molar-refractivity contribution is 6.38. The van der Waals surface area contributed by atoms with Crippen LogP contribution in [0.25, 0.3) is 0 Å². The van der Waals surface area contributed by atoms with Gasteiger partial charge in [0.05, 0.1) is 36.1 Å². The molecule has 1 aromatic rings. The Balaban J connectivity index is 3.08. The zero-order valence-electron chi connectivity index (χ0n) is 12.5. The second-order valence-corrected chi connectivity index (χ2v) is 5.14. The van der Waals surface area contributed by atoms with Crippen LogP contribution in [-0.4, -0.2) is 31.9 Å². The number of esters is 2. The summed E-state index contributed by atoms with van der Waals surface area (Å²) in [4.78, 5) is 27.2. The van der Waals surface area contributed by atoms with Crippen molar-refractivity contribution in [2.75, 3.05) is 13.7 Å². The average molecular weight is 357 g/mol. The van der Waals surface area contributed by atoms with Gasteiger partial charge in [0.15, 0.2) is 5.92 Å². The van der Waals surface area contributed by atoms with E-state index in [1.165, 1.54) is 19.2 Å². The number of methoxy groups -OCH3 is 1. The van der Waals surface area contributed by atoms with Gasteiger partial charge in [0, 0.05) is 11.2 Å². The predicted molar refractivity (Wildman–Crippen MR) is 86.3 cm³/mol. The Labute approximate surface area is 143 Å². The number of nitrogens with zero attached hydrogens (tertiary/aromatic N) is 2. The van der Waals surface area contributed by atoms with Crippen molar-refractivity contribution in [2.45, 2.75) is 13.3 Å². The number of aliphatic imine (C=N–C) groups is 1. The summed E-state index contributed by atoms with van der Waals surface area (Å²) in [7, 11) is 1.21. The van der Waals surface area contributed by atoms with Crippen molar-refractivity contribution >= 4 is 47.0 Å². The average Bonchev–Trinajstić information content (AvgIpc) is 2.55.